The van der Waals surface area contributed by atoms with Gasteiger partial charge in [-0.1, -0.05) is 0 Å². The van der Waals surface area contributed by atoms with Gasteiger partial charge in [0.1, 0.15) is 0 Å². The molecule has 1 aliphatic heterocycles. The highest BCUT2D eigenvalue weighted by molar-refractivity contribution is 5.76. The number of methoxy groups -OCH3 is 1. The second-order valence-corrected chi connectivity index (χ2v) is 3.88. The summed E-state index contributed by atoms with van der Waals surface area (Å²) in [7, 11) is 1.29. The third-order valence-electron chi connectivity index (χ3n) is 2.58. The van der Waals surface area contributed by atoms with E-state index in [1.165, 1.54) is 7.11 Å². The van der Waals surface area contributed by atoms with E-state index in [1.807, 2.05) is 0 Å². The molecule has 0 aromatic carbocycles. The lowest BCUT2D eigenvalue weighted by Crippen LogP contribution is -2.44. The van der Waals surface area contributed by atoms with Gasteiger partial charge in [0.2, 0.25) is 0 Å². The van der Waals surface area contributed by atoms with E-state index < -0.39 is 12.1 Å². The minimum absolute atomic E-state index is 0.0567. The first kappa shape index (κ1) is 13.7. The highest BCUT2D eigenvalue weighted by Gasteiger charge is 2.18. The normalized spacial score (nSPS) is 20.9. The zero-order chi connectivity index (χ0) is 12.7. The quantitative estimate of drug-likeness (QED) is 0.582. The van der Waals surface area contributed by atoms with Gasteiger partial charge in [0, 0.05) is 26.2 Å². The molecule has 98 valence electrons. The third-order valence-corrected chi connectivity index (χ3v) is 2.58. The van der Waals surface area contributed by atoms with Gasteiger partial charge < -0.3 is 25.2 Å². The molecule has 7 nitrogen and oxygen atoms in total. The number of nitrogens with one attached hydrogen (secondary N) is 2. The van der Waals surface area contributed by atoms with Crippen LogP contribution in [0.3, 0.4) is 0 Å². The minimum Gasteiger partial charge on any atom is -0.479 e. The molecule has 2 atom stereocenters. The number of carbonyl (C=O) groups excluding carboxylic acids is 1. The molecule has 0 bridgehead atoms. The average Bonchev–Trinajstić information content (AvgIpc) is 2.79. The Morgan fingerprint density at radius 3 is 2.82 bits per heavy atom. The van der Waals surface area contributed by atoms with Gasteiger partial charge in [0.05, 0.1) is 13.2 Å². The van der Waals surface area contributed by atoms with E-state index >= 15 is 0 Å². The largest absolute Gasteiger partial charge is 0.479 e. The van der Waals surface area contributed by atoms with Gasteiger partial charge >= 0.3 is 12.0 Å². The van der Waals surface area contributed by atoms with Crippen molar-refractivity contribution in [3.8, 4) is 0 Å². The van der Waals surface area contributed by atoms with Crippen LogP contribution < -0.4 is 10.6 Å². The summed E-state index contributed by atoms with van der Waals surface area (Å²) in [5, 5.41) is 13.8. The SMILES string of the molecule is COC(CNC(=O)NCC1CCOC1)C(=O)O. The van der Waals surface area contributed by atoms with E-state index in [2.05, 4.69) is 15.4 Å². The molecule has 0 saturated carbocycles. The number of carboxylic acids is 1. The Kier molecular flexibility index (Phi) is 5.71. The molecule has 3 N–H and O–H groups in total. The van der Waals surface area contributed by atoms with E-state index in [9.17, 15) is 9.59 Å². The molecule has 1 saturated heterocycles. The zero-order valence-corrected chi connectivity index (χ0v) is 9.77. The highest BCUT2D eigenvalue weighted by atomic mass is 16.5. The fourth-order valence-electron chi connectivity index (χ4n) is 1.50. The van der Waals surface area contributed by atoms with Gasteiger partial charge in [0.25, 0.3) is 0 Å². The molecule has 17 heavy (non-hydrogen) atoms. The number of aliphatic carboxylic acids is 1. The standard InChI is InChI=1S/C10H18N2O5/c1-16-8(9(13)14)5-12-10(15)11-4-7-2-3-17-6-7/h7-8H,2-6H2,1H3,(H,13,14)(H2,11,12,15). The Morgan fingerprint density at radius 1 is 1.53 bits per heavy atom. The molecular weight excluding hydrogens is 228 g/mol. The van der Waals surface area contributed by atoms with Crippen LogP contribution in [0.25, 0.3) is 0 Å². The van der Waals surface area contributed by atoms with E-state index in [0.29, 0.717) is 19.1 Å². The molecule has 1 heterocycles. The Balaban J connectivity index is 2.13. The molecule has 2 unspecified atom stereocenters. The maximum Gasteiger partial charge on any atom is 0.334 e. The first-order chi connectivity index (χ1) is 8.13. The number of hydrogen-bond acceptors (Lipinski definition) is 4. The van der Waals surface area contributed by atoms with E-state index in [-0.39, 0.29) is 12.6 Å². The fraction of sp³-hybridized carbons (Fsp3) is 0.800. The van der Waals surface area contributed by atoms with Gasteiger partial charge in [-0.25, -0.2) is 9.59 Å². The molecule has 7 heteroatoms. The van der Waals surface area contributed by atoms with Crippen molar-refractivity contribution in [3.63, 3.8) is 0 Å². The number of carbonyl (C=O) groups is 2. The summed E-state index contributed by atoms with van der Waals surface area (Å²) in [5.41, 5.74) is 0. The average molecular weight is 246 g/mol. The Labute approximate surface area is 99.5 Å². The summed E-state index contributed by atoms with van der Waals surface area (Å²) < 4.78 is 9.85. The molecule has 1 aliphatic rings. The van der Waals surface area contributed by atoms with E-state index in [0.717, 1.165) is 13.0 Å². The molecule has 1 rings (SSSR count). The van der Waals surface area contributed by atoms with E-state index in [1.54, 1.807) is 0 Å². The van der Waals surface area contributed by atoms with Crippen molar-refractivity contribution in [2.45, 2.75) is 12.5 Å². The molecule has 1 fully saturated rings. The molecule has 2 amide bonds. The Bertz CT molecular complexity index is 265. The van der Waals surface area contributed by atoms with Crippen molar-refractivity contribution in [3.05, 3.63) is 0 Å². The van der Waals surface area contributed by atoms with Crippen molar-refractivity contribution in [2.24, 2.45) is 5.92 Å². The van der Waals surface area contributed by atoms with Crippen LogP contribution in [0.15, 0.2) is 0 Å². The molecule has 0 aliphatic carbocycles. The van der Waals surface area contributed by atoms with E-state index in [4.69, 9.17) is 9.84 Å². The highest BCUT2D eigenvalue weighted by Crippen LogP contribution is 2.10. The molecular formula is C10H18N2O5. The first-order valence-corrected chi connectivity index (χ1v) is 5.48. The summed E-state index contributed by atoms with van der Waals surface area (Å²) in [6, 6.07) is -0.389. The smallest absolute Gasteiger partial charge is 0.334 e. The van der Waals surface area contributed by atoms with Crippen molar-refractivity contribution >= 4 is 12.0 Å². The summed E-state index contributed by atoms with van der Waals surface area (Å²) in [4.78, 5) is 21.9. The molecule has 0 aromatic rings. The lowest BCUT2D eigenvalue weighted by atomic mass is 10.1. The summed E-state index contributed by atoms with van der Waals surface area (Å²) >= 11 is 0. The predicted molar refractivity (Wildman–Crippen MR) is 58.8 cm³/mol. The van der Waals surface area contributed by atoms with Gasteiger partial charge in [-0.3, -0.25) is 0 Å². The van der Waals surface area contributed by atoms with Crippen LogP contribution in [0.2, 0.25) is 0 Å². The second-order valence-electron chi connectivity index (χ2n) is 3.88. The minimum atomic E-state index is -1.10. The summed E-state index contributed by atoms with van der Waals surface area (Å²) in [6.45, 7) is 1.88. The molecule has 0 aromatic heterocycles. The topological polar surface area (TPSA) is 96.9 Å². The van der Waals surface area contributed by atoms with Gasteiger partial charge in [0.15, 0.2) is 6.10 Å². The van der Waals surface area contributed by atoms with Gasteiger partial charge in [-0.05, 0) is 6.42 Å². The number of urea groups is 1. The van der Waals surface area contributed by atoms with Gasteiger partial charge in [-0.2, -0.15) is 0 Å². The van der Waals surface area contributed by atoms with Gasteiger partial charge in [-0.15, -0.1) is 0 Å². The number of rotatable bonds is 6. The number of ether oxygens (including phenoxy) is 2. The zero-order valence-electron chi connectivity index (χ0n) is 9.77. The van der Waals surface area contributed by atoms with Crippen LogP contribution in [-0.4, -0.2) is 56.6 Å². The monoisotopic (exact) mass is 246 g/mol. The molecule has 0 radical (unpaired) electrons. The van der Waals surface area contributed by atoms with Crippen molar-refractivity contribution < 1.29 is 24.2 Å². The second kappa shape index (κ2) is 7.08. The lowest BCUT2D eigenvalue weighted by molar-refractivity contribution is -0.147. The van der Waals surface area contributed by atoms with Crippen molar-refractivity contribution in [1.82, 2.24) is 10.6 Å². The summed E-state index contributed by atoms with van der Waals surface area (Å²) in [6.07, 6.45) is -0.0774. The van der Waals surface area contributed by atoms with Crippen LogP contribution in [0.5, 0.6) is 0 Å². The van der Waals surface area contributed by atoms with Crippen LogP contribution in [0, 0.1) is 5.92 Å². The predicted octanol–water partition coefficient (Wildman–Crippen LogP) is -0.578. The fourth-order valence-corrected chi connectivity index (χ4v) is 1.50. The Morgan fingerprint density at radius 2 is 2.29 bits per heavy atom. The lowest BCUT2D eigenvalue weighted by Gasteiger charge is -2.13. The number of amides is 2. The third kappa shape index (κ3) is 5.01. The van der Waals surface area contributed by atoms with Crippen molar-refractivity contribution in [1.29, 1.82) is 0 Å². The number of hydrogen-bond donors (Lipinski definition) is 3. The maximum absolute atomic E-state index is 11.3. The maximum atomic E-state index is 11.3. The van der Waals surface area contributed by atoms with Crippen LogP contribution in [0.4, 0.5) is 4.79 Å². The van der Waals surface area contributed by atoms with Crippen LogP contribution in [0.1, 0.15) is 6.42 Å². The first-order valence-electron chi connectivity index (χ1n) is 5.48. The number of carboxylic acid groups (broad SMARTS) is 1. The van der Waals surface area contributed by atoms with Crippen molar-refractivity contribution in [2.75, 3.05) is 33.4 Å². The Hall–Kier alpha value is -1.34. The summed E-state index contributed by atoms with van der Waals surface area (Å²) in [5.74, 6) is -0.754. The van der Waals surface area contributed by atoms with Crippen LogP contribution in [-0.2, 0) is 14.3 Å². The van der Waals surface area contributed by atoms with Crippen LogP contribution >= 0.6 is 0 Å². The molecule has 0 spiro atoms.